The van der Waals surface area contributed by atoms with Gasteiger partial charge in [-0.1, -0.05) is 6.08 Å². The Kier molecular flexibility index (Phi) is 7.25. The molecule has 1 unspecified atom stereocenters. The van der Waals surface area contributed by atoms with Gasteiger partial charge in [0.15, 0.2) is 0 Å². The van der Waals surface area contributed by atoms with E-state index in [0.717, 1.165) is 32.7 Å². The summed E-state index contributed by atoms with van der Waals surface area (Å²) in [6.07, 6.45) is 2.10. The van der Waals surface area contributed by atoms with Gasteiger partial charge >= 0.3 is 5.97 Å². The van der Waals surface area contributed by atoms with E-state index in [1.54, 1.807) is 6.08 Å². The number of nitrogens with zero attached hydrogens (tertiary/aromatic N) is 2. The Bertz CT molecular complexity index is 339. The second-order valence-electron chi connectivity index (χ2n) is 4.91. The molecular weight excluding hydrogens is 258 g/mol. The van der Waals surface area contributed by atoms with Crippen LogP contribution in [-0.4, -0.2) is 74.1 Å². The summed E-state index contributed by atoms with van der Waals surface area (Å²) in [6.45, 7) is 10.1. The van der Waals surface area contributed by atoms with Gasteiger partial charge in [-0.2, -0.15) is 0 Å². The van der Waals surface area contributed by atoms with Gasteiger partial charge in [0, 0.05) is 39.3 Å². The van der Waals surface area contributed by atoms with Crippen LogP contribution in [0.1, 0.15) is 13.3 Å². The lowest BCUT2D eigenvalue weighted by molar-refractivity contribution is -0.141. The lowest BCUT2D eigenvalue weighted by Gasteiger charge is -2.37. The standard InChI is InChI=1S/C14H25N3O3/c1-4-6-15-14(19)12(2)17-10-8-16(9-11-17)7-5-13(18)20-3/h4,12H,1,5-11H2,2-3H3,(H,15,19). The van der Waals surface area contributed by atoms with Crippen molar-refractivity contribution in [3.8, 4) is 0 Å². The quantitative estimate of drug-likeness (QED) is 0.520. The van der Waals surface area contributed by atoms with Gasteiger partial charge in [0.1, 0.15) is 0 Å². The third-order valence-corrected chi connectivity index (χ3v) is 3.61. The summed E-state index contributed by atoms with van der Waals surface area (Å²) in [5.41, 5.74) is 0. The Balaban J connectivity index is 2.28. The minimum Gasteiger partial charge on any atom is -0.469 e. The number of hydrogen-bond donors (Lipinski definition) is 1. The fraction of sp³-hybridized carbons (Fsp3) is 0.714. The van der Waals surface area contributed by atoms with Crippen LogP contribution >= 0.6 is 0 Å². The number of ether oxygens (including phenoxy) is 1. The van der Waals surface area contributed by atoms with Crippen LogP contribution in [0.4, 0.5) is 0 Å². The SMILES string of the molecule is C=CCNC(=O)C(C)N1CCN(CCC(=O)OC)CC1. The van der Waals surface area contributed by atoms with E-state index < -0.39 is 0 Å². The van der Waals surface area contributed by atoms with Gasteiger partial charge in [-0.25, -0.2) is 0 Å². The van der Waals surface area contributed by atoms with E-state index in [4.69, 9.17) is 0 Å². The molecule has 6 nitrogen and oxygen atoms in total. The van der Waals surface area contributed by atoms with Gasteiger partial charge < -0.3 is 15.0 Å². The summed E-state index contributed by atoms with van der Waals surface area (Å²) in [5.74, 6) is -0.141. The second-order valence-corrected chi connectivity index (χ2v) is 4.91. The molecule has 0 saturated carbocycles. The number of rotatable bonds is 7. The Morgan fingerprint density at radius 1 is 1.35 bits per heavy atom. The van der Waals surface area contributed by atoms with E-state index in [0.29, 0.717) is 13.0 Å². The Morgan fingerprint density at radius 2 is 2.00 bits per heavy atom. The summed E-state index contributed by atoms with van der Waals surface area (Å²) in [5, 5.41) is 2.81. The number of piperazine rings is 1. The number of esters is 1. The molecule has 0 spiro atoms. The highest BCUT2D eigenvalue weighted by Gasteiger charge is 2.25. The molecule has 0 aromatic heterocycles. The van der Waals surface area contributed by atoms with Gasteiger partial charge in [0.25, 0.3) is 0 Å². The monoisotopic (exact) mass is 283 g/mol. The molecule has 1 aliphatic rings. The van der Waals surface area contributed by atoms with Crippen LogP contribution < -0.4 is 5.32 Å². The summed E-state index contributed by atoms with van der Waals surface area (Å²) in [6, 6.07) is -0.127. The van der Waals surface area contributed by atoms with E-state index in [1.165, 1.54) is 7.11 Å². The van der Waals surface area contributed by atoms with Crippen molar-refractivity contribution in [2.75, 3.05) is 46.4 Å². The van der Waals surface area contributed by atoms with Crippen molar-refractivity contribution < 1.29 is 14.3 Å². The Labute approximate surface area is 120 Å². The zero-order chi connectivity index (χ0) is 15.0. The number of methoxy groups -OCH3 is 1. The van der Waals surface area contributed by atoms with Crippen LogP contribution in [0, 0.1) is 0 Å². The molecule has 1 N–H and O–H groups in total. The van der Waals surface area contributed by atoms with Crippen molar-refractivity contribution >= 4 is 11.9 Å². The molecule has 1 fully saturated rings. The molecule has 0 bridgehead atoms. The van der Waals surface area contributed by atoms with E-state index in [1.807, 2.05) is 6.92 Å². The molecule has 6 heteroatoms. The maximum atomic E-state index is 11.9. The van der Waals surface area contributed by atoms with Crippen LogP contribution in [0.15, 0.2) is 12.7 Å². The van der Waals surface area contributed by atoms with Crippen LogP contribution in [0.2, 0.25) is 0 Å². The van der Waals surface area contributed by atoms with Crippen LogP contribution in [0.3, 0.4) is 0 Å². The predicted octanol–water partition coefficient (Wildman–Crippen LogP) is -0.142. The third kappa shape index (κ3) is 5.30. The maximum Gasteiger partial charge on any atom is 0.306 e. The van der Waals surface area contributed by atoms with Crippen molar-refractivity contribution in [2.45, 2.75) is 19.4 Å². The van der Waals surface area contributed by atoms with Crippen molar-refractivity contribution in [3.05, 3.63) is 12.7 Å². The molecule has 1 saturated heterocycles. The van der Waals surface area contributed by atoms with Crippen LogP contribution in [0.25, 0.3) is 0 Å². The zero-order valence-electron chi connectivity index (χ0n) is 12.4. The van der Waals surface area contributed by atoms with Crippen LogP contribution in [-0.2, 0) is 14.3 Å². The highest BCUT2D eigenvalue weighted by Crippen LogP contribution is 2.07. The third-order valence-electron chi connectivity index (χ3n) is 3.61. The highest BCUT2D eigenvalue weighted by atomic mass is 16.5. The average molecular weight is 283 g/mol. The summed E-state index contributed by atoms with van der Waals surface area (Å²) in [7, 11) is 1.41. The van der Waals surface area contributed by atoms with Crippen molar-refractivity contribution in [3.63, 3.8) is 0 Å². The largest absolute Gasteiger partial charge is 0.469 e. The summed E-state index contributed by atoms with van der Waals surface area (Å²) >= 11 is 0. The van der Waals surface area contributed by atoms with E-state index in [9.17, 15) is 9.59 Å². The number of amides is 1. The lowest BCUT2D eigenvalue weighted by atomic mass is 10.2. The highest BCUT2D eigenvalue weighted by molar-refractivity contribution is 5.81. The maximum absolute atomic E-state index is 11.9. The first-order valence-electron chi connectivity index (χ1n) is 7.00. The first-order valence-corrected chi connectivity index (χ1v) is 7.00. The predicted molar refractivity (Wildman–Crippen MR) is 77.3 cm³/mol. The molecule has 0 aromatic rings. The van der Waals surface area contributed by atoms with E-state index in [2.05, 4.69) is 26.4 Å². The molecule has 1 rings (SSSR count). The molecule has 1 amide bonds. The minimum absolute atomic E-state index is 0.0351. The normalized spacial score (nSPS) is 18.3. The van der Waals surface area contributed by atoms with Gasteiger partial charge in [-0.3, -0.25) is 14.5 Å². The van der Waals surface area contributed by atoms with Crippen molar-refractivity contribution in [2.24, 2.45) is 0 Å². The molecule has 20 heavy (non-hydrogen) atoms. The Hall–Kier alpha value is -1.40. The van der Waals surface area contributed by atoms with Crippen LogP contribution in [0.5, 0.6) is 0 Å². The molecule has 0 aromatic carbocycles. The van der Waals surface area contributed by atoms with Gasteiger partial charge in [0.2, 0.25) is 5.91 Å². The average Bonchev–Trinajstić information content (AvgIpc) is 2.49. The molecule has 114 valence electrons. The van der Waals surface area contributed by atoms with Gasteiger partial charge in [-0.05, 0) is 6.92 Å². The molecule has 0 aliphatic carbocycles. The number of carbonyl (C=O) groups excluding carboxylic acids is 2. The van der Waals surface area contributed by atoms with E-state index >= 15 is 0 Å². The fourth-order valence-corrected chi connectivity index (χ4v) is 2.21. The smallest absolute Gasteiger partial charge is 0.306 e. The first kappa shape index (κ1) is 16.7. The van der Waals surface area contributed by atoms with Crippen molar-refractivity contribution in [1.82, 2.24) is 15.1 Å². The fourth-order valence-electron chi connectivity index (χ4n) is 2.21. The lowest BCUT2D eigenvalue weighted by Crippen LogP contribution is -2.54. The topological polar surface area (TPSA) is 61.9 Å². The van der Waals surface area contributed by atoms with E-state index in [-0.39, 0.29) is 17.9 Å². The minimum atomic E-state index is -0.176. The molecular formula is C14H25N3O3. The Morgan fingerprint density at radius 3 is 2.55 bits per heavy atom. The van der Waals surface area contributed by atoms with Gasteiger partial charge in [0.05, 0.1) is 19.6 Å². The van der Waals surface area contributed by atoms with Gasteiger partial charge in [-0.15, -0.1) is 6.58 Å². The molecule has 1 aliphatic heterocycles. The number of nitrogens with one attached hydrogen (secondary N) is 1. The second kappa shape index (κ2) is 8.71. The summed E-state index contributed by atoms with van der Waals surface area (Å²) < 4.78 is 4.63. The zero-order valence-corrected chi connectivity index (χ0v) is 12.4. The summed E-state index contributed by atoms with van der Waals surface area (Å²) in [4.78, 5) is 27.3. The number of carbonyl (C=O) groups is 2. The molecule has 0 radical (unpaired) electrons. The first-order chi connectivity index (χ1) is 9.58. The molecule has 1 heterocycles. The number of hydrogen-bond acceptors (Lipinski definition) is 5. The van der Waals surface area contributed by atoms with Crippen molar-refractivity contribution in [1.29, 1.82) is 0 Å². The molecule has 1 atom stereocenters.